The number of benzene rings is 11. The molecule has 0 saturated heterocycles. The highest BCUT2D eigenvalue weighted by molar-refractivity contribution is 6.09. The zero-order valence-corrected chi connectivity index (χ0v) is 40.6. The molecular weight excluding hydrogens is 895 g/mol. The van der Waals surface area contributed by atoms with E-state index in [0.717, 1.165) is 67.5 Å². The van der Waals surface area contributed by atoms with Crippen LogP contribution >= 0.6 is 0 Å². The summed E-state index contributed by atoms with van der Waals surface area (Å²) in [7, 11) is 0. The Bertz CT molecular complexity index is 3910. The van der Waals surface area contributed by atoms with E-state index < -0.39 is 0 Å². The van der Waals surface area contributed by atoms with Gasteiger partial charge in [0.1, 0.15) is 0 Å². The van der Waals surface area contributed by atoms with Crippen molar-refractivity contribution in [3.8, 4) is 83.8 Å². The number of hydrogen-bond acceptors (Lipinski definition) is 2. The van der Waals surface area contributed by atoms with Crippen LogP contribution in [-0.2, 0) is 0 Å². The normalized spacial score (nSPS) is 11.2. The average molecular weight is 944 g/mol. The highest BCUT2D eigenvalue weighted by atomic mass is 15.1. The maximum atomic E-state index is 5.44. The lowest BCUT2D eigenvalue weighted by Gasteiger charge is -2.26. The van der Waals surface area contributed by atoms with Gasteiger partial charge in [0.05, 0.1) is 22.4 Å². The molecule has 0 radical (unpaired) electrons. The van der Waals surface area contributed by atoms with Crippen LogP contribution in [-0.4, -0.2) is 9.55 Å². The van der Waals surface area contributed by atoms with E-state index in [0.29, 0.717) is 0 Å². The number of para-hydroxylation sites is 2. The predicted octanol–water partition coefficient (Wildman–Crippen LogP) is 19.3. The van der Waals surface area contributed by atoms with E-state index in [1.165, 1.54) is 55.2 Å². The number of nitrogens with zero attached hydrogens (tertiary/aromatic N) is 3. The Balaban J connectivity index is 0.879. The second-order valence-electron chi connectivity index (χ2n) is 18.8. The highest BCUT2D eigenvalue weighted by Crippen LogP contribution is 2.40. The quantitative estimate of drug-likeness (QED) is 0.129. The zero-order valence-electron chi connectivity index (χ0n) is 40.6. The minimum absolute atomic E-state index is 0.908. The topological polar surface area (TPSA) is 21.1 Å². The van der Waals surface area contributed by atoms with Gasteiger partial charge >= 0.3 is 0 Å². The van der Waals surface area contributed by atoms with Crippen molar-refractivity contribution >= 4 is 38.9 Å². The van der Waals surface area contributed by atoms with Crippen molar-refractivity contribution in [2.45, 2.75) is 0 Å². The lowest BCUT2D eigenvalue weighted by molar-refractivity contribution is 1.18. The van der Waals surface area contributed by atoms with Crippen LogP contribution in [0.4, 0.5) is 17.1 Å². The van der Waals surface area contributed by atoms with Crippen LogP contribution in [0.15, 0.2) is 297 Å². The van der Waals surface area contributed by atoms with Gasteiger partial charge in [-0.2, -0.15) is 0 Å². The first-order chi connectivity index (χ1) is 36.7. The number of anilines is 3. The number of rotatable bonds is 11. The van der Waals surface area contributed by atoms with E-state index in [4.69, 9.17) is 4.98 Å². The maximum Gasteiger partial charge on any atom is 0.0716 e. The lowest BCUT2D eigenvalue weighted by atomic mass is 9.98. The number of hydrogen-bond donors (Lipinski definition) is 0. The molecule has 0 unspecified atom stereocenters. The van der Waals surface area contributed by atoms with Crippen LogP contribution in [0, 0.1) is 0 Å². The third kappa shape index (κ3) is 8.63. The number of pyridine rings is 1. The molecule has 0 N–H and O–H groups in total. The molecule has 3 nitrogen and oxygen atoms in total. The van der Waals surface area contributed by atoms with E-state index in [9.17, 15) is 0 Å². The molecule has 0 aliphatic carbocycles. The van der Waals surface area contributed by atoms with Crippen molar-refractivity contribution in [1.82, 2.24) is 9.55 Å². The fourth-order valence-electron chi connectivity index (χ4n) is 10.5. The monoisotopic (exact) mass is 943 g/mol. The van der Waals surface area contributed by atoms with Gasteiger partial charge in [-0.1, -0.05) is 212 Å². The number of aromatic nitrogens is 2. The summed E-state index contributed by atoms with van der Waals surface area (Å²) in [4.78, 5) is 7.79. The van der Waals surface area contributed by atoms with Crippen molar-refractivity contribution in [2.75, 3.05) is 4.90 Å². The molecule has 2 heterocycles. The van der Waals surface area contributed by atoms with Gasteiger partial charge in [-0.25, -0.2) is 4.98 Å². The summed E-state index contributed by atoms with van der Waals surface area (Å²) in [6, 6.07) is 107. The maximum absolute atomic E-state index is 5.44. The van der Waals surface area contributed by atoms with Gasteiger partial charge in [0, 0.05) is 44.6 Å². The molecule has 0 fully saturated rings. The van der Waals surface area contributed by atoms with Gasteiger partial charge in [0.15, 0.2) is 0 Å². The van der Waals surface area contributed by atoms with E-state index in [1.54, 1.807) is 0 Å². The molecule has 0 aliphatic heterocycles. The van der Waals surface area contributed by atoms with Crippen LogP contribution in [0.5, 0.6) is 0 Å². The van der Waals surface area contributed by atoms with Gasteiger partial charge in [-0.15, -0.1) is 0 Å². The Kier molecular flexibility index (Phi) is 11.6. The van der Waals surface area contributed by atoms with Crippen LogP contribution in [0.1, 0.15) is 0 Å². The standard InChI is InChI=1S/C71H49N3/c1-4-17-50(18-5-1)56-23-14-25-58(45-56)53-33-39-62(40-34-53)73(63-41-35-54(36-42-63)59-26-15-24-57(46-59)51-19-6-2-7-20-51)64-43-37-55(38-44-64)68-48-61(52-21-8-3-9-22-52)49-69(72-68)60-27-16-28-65(47-60)74-70-31-12-10-29-66(70)67-30-11-13-32-71(67)74/h1-49H. The SMILES string of the molecule is c1ccc(-c2cccc(-c3ccc(N(c4ccc(-c5cccc(-c6ccccc6)c5)cc4)c4ccc(-c5cc(-c6ccccc6)cc(-c6cccc(-n7c8ccccc8c8ccccc87)c6)n5)cc4)cc3)c2)cc1. The summed E-state index contributed by atoms with van der Waals surface area (Å²) in [5, 5.41) is 2.48. The predicted molar refractivity (Wildman–Crippen MR) is 311 cm³/mol. The van der Waals surface area contributed by atoms with E-state index in [-0.39, 0.29) is 0 Å². The third-order valence-electron chi connectivity index (χ3n) is 14.2. The molecule has 348 valence electrons. The summed E-state index contributed by atoms with van der Waals surface area (Å²) in [6.45, 7) is 0. The first kappa shape index (κ1) is 44.1. The minimum atomic E-state index is 0.908. The molecule has 0 spiro atoms. The van der Waals surface area contributed by atoms with E-state index in [2.05, 4.69) is 307 Å². The summed E-state index contributed by atoms with van der Waals surface area (Å²) < 4.78 is 2.37. The Morgan fingerprint density at radius 2 is 0.568 bits per heavy atom. The largest absolute Gasteiger partial charge is 0.311 e. The fourth-order valence-corrected chi connectivity index (χ4v) is 10.5. The number of fused-ring (bicyclic) bond motifs is 3. The second kappa shape index (κ2) is 19.4. The summed E-state index contributed by atoms with van der Waals surface area (Å²) in [5.74, 6) is 0. The lowest BCUT2D eigenvalue weighted by Crippen LogP contribution is -2.09. The van der Waals surface area contributed by atoms with Crippen LogP contribution in [0.25, 0.3) is 106 Å². The molecule has 74 heavy (non-hydrogen) atoms. The smallest absolute Gasteiger partial charge is 0.0716 e. The van der Waals surface area contributed by atoms with Gasteiger partial charge in [0.2, 0.25) is 0 Å². The van der Waals surface area contributed by atoms with Gasteiger partial charge in [-0.3, -0.25) is 0 Å². The van der Waals surface area contributed by atoms with E-state index >= 15 is 0 Å². The molecule has 13 rings (SSSR count). The zero-order chi connectivity index (χ0) is 49.2. The molecule has 3 heteroatoms. The molecule has 0 atom stereocenters. The van der Waals surface area contributed by atoms with Gasteiger partial charge in [0.25, 0.3) is 0 Å². The Hall–Kier alpha value is -9.83. The molecule has 0 aliphatic rings. The summed E-state index contributed by atoms with van der Waals surface area (Å²) in [5.41, 5.74) is 22.3. The van der Waals surface area contributed by atoms with Crippen LogP contribution in [0.3, 0.4) is 0 Å². The first-order valence-corrected chi connectivity index (χ1v) is 25.3. The van der Waals surface area contributed by atoms with Crippen molar-refractivity contribution in [1.29, 1.82) is 0 Å². The van der Waals surface area contributed by atoms with Gasteiger partial charge < -0.3 is 9.47 Å². The van der Waals surface area contributed by atoms with Crippen molar-refractivity contribution in [3.05, 3.63) is 297 Å². The van der Waals surface area contributed by atoms with Crippen molar-refractivity contribution < 1.29 is 0 Å². The summed E-state index contributed by atoms with van der Waals surface area (Å²) >= 11 is 0. The molecular formula is C71H49N3. The van der Waals surface area contributed by atoms with Crippen LogP contribution < -0.4 is 4.90 Å². The van der Waals surface area contributed by atoms with Crippen molar-refractivity contribution in [2.24, 2.45) is 0 Å². The Morgan fingerprint density at radius 3 is 1.03 bits per heavy atom. The first-order valence-electron chi connectivity index (χ1n) is 25.3. The average Bonchev–Trinajstić information content (AvgIpc) is 3.83. The minimum Gasteiger partial charge on any atom is -0.311 e. The second-order valence-corrected chi connectivity index (χ2v) is 18.8. The van der Waals surface area contributed by atoms with Gasteiger partial charge in [-0.05, 0) is 141 Å². The Labute approximate surface area is 432 Å². The fraction of sp³-hybridized carbons (Fsp3) is 0. The molecule has 0 bridgehead atoms. The van der Waals surface area contributed by atoms with Crippen LogP contribution in [0.2, 0.25) is 0 Å². The van der Waals surface area contributed by atoms with Crippen molar-refractivity contribution in [3.63, 3.8) is 0 Å². The molecule has 2 aromatic heterocycles. The van der Waals surface area contributed by atoms with E-state index in [1.807, 2.05) is 0 Å². The summed E-state index contributed by atoms with van der Waals surface area (Å²) in [6.07, 6.45) is 0. The molecule has 11 aromatic carbocycles. The highest BCUT2D eigenvalue weighted by Gasteiger charge is 2.17. The molecule has 0 saturated carbocycles. The molecule has 13 aromatic rings. The third-order valence-corrected chi connectivity index (χ3v) is 14.2. The molecule has 0 amide bonds. The Morgan fingerprint density at radius 1 is 0.230 bits per heavy atom.